The Hall–Kier alpha value is -3.96. The van der Waals surface area contributed by atoms with Gasteiger partial charge in [-0.2, -0.15) is 10.2 Å². The Morgan fingerprint density at radius 2 is 1.24 bits per heavy atom. The second-order valence-corrected chi connectivity index (χ2v) is 9.63. The molecule has 0 bridgehead atoms. The van der Waals surface area contributed by atoms with Crippen LogP contribution in [0, 0.1) is 0 Å². The largest absolute Gasteiger partial charge is 0.378 e. The number of anilines is 2. The van der Waals surface area contributed by atoms with Crippen molar-refractivity contribution in [2.24, 2.45) is 10.2 Å². The van der Waals surface area contributed by atoms with Crippen molar-refractivity contribution in [3.63, 3.8) is 0 Å². The Morgan fingerprint density at radius 3 is 1.79 bits per heavy atom. The maximum Gasteiger partial charge on any atom is 0.0858 e. The van der Waals surface area contributed by atoms with Gasteiger partial charge in [-0.3, -0.25) is 0 Å². The quantitative estimate of drug-likeness (QED) is 0.143. The molecule has 4 aromatic rings. The third-order valence-corrected chi connectivity index (χ3v) is 6.80. The first-order chi connectivity index (χ1) is 18.5. The molecule has 4 aromatic carbocycles. The zero-order valence-corrected chi connectivity index (χ0v) is 22.9. The van der Waals surface area contributed by atoms with E-state index in [-0.39, 0.29) is 0 Å². The van der Waals surface area contributed by atoms with Crippen molar-refractivity contribution in [2.45, 2.75) is 26.4 Å². The highest BCUT2D eigenvalue weighted by atomic mass is 16.5. The fourth-order valence-corrected chi connectivity index (χ4v) is 4.33. The van der Waals surface area contributed by atoms with E-state index in [1.807, 2.05) is 50.5 Å². The molecule has 0 amide bonds. The van der Waals surface area contributed by atoms with Gasteiger partial charge < -0.3 is 14.5 Å². The summed E-state index contributed by atoms with van der Waals surface area (Å²) >= 11 is 0. The lowest BCUT2D eigenvalue weighted by atomic mass is 9.93. The standard InChI is InChI=1S/C33H38N4O/c1-5-37(33-21-17-31(18-22-33)35-34-30-15-19-32(20-16-30)36(3)4)23-24-38-25-27-11-13-29(14-12-27)26(2)28-9-7-6-8-10-28/h6-22,26H,5,23-25H2,1-4H3. The molecular weight excluding hydrogens is 468 g/mol. The summed E-state index contributed by atoms with van der Waals surface area (Å²) in [6, 6.07) is 35.7. The third kappa shape index (κ3) is 7.53. The number of benzene rings is 4. The molecule has 0 N–H and O–H groups in total. The molecule has 0 aliphatic rings. The number of likely N-dealkylation sites (N-methyl/N-ethyl adjacent to an activating group) is 1. The number of azo groups is 1. The number of ether oxygens (including phenoxy) is 1. The van der Waals surface area contributed by atoms with Crippen LogP contribution < -0.4 is 9.80 Å². The molecule has 1 unspecified atom stereocenters. The summed E-state index contributed by atoms with van der Waals surface area (Å²) in [5.41, 5.74) is 7.83. The van der Waals surface area contributed by atoms with Crippen LogP contribution in [0.1, 0.15) is 36.5 Å². The van der Waals surface area contributed by atoms with Crippen molar-refractivity contribution in [3.05, 3.63) is 120 Å². The van der Waals surface area contributed by atoms with E-state index in [2.05, 4.69) is 101 Å². The van der Waals surface area contributed by atoms with Gasteiger partial charge in [-0.05, 0) is 72.1 Å². The summed E-state index contributed by atoms with van der Waals surface area (Å²) in [6.45, 7) is 7.44. The first-order valence-corrected chi connectivity index (χ1v) is 13.3. The number of nitrogens with zero attached hydrogens (tertiary/aromatic N) is 4. The highest BCUT2D eigenvalue weighted by Gasteiger charge is 2.08. The highest BCUT2D eigenvalue weighted by Crippen LogP contribution is 2.25. The molecule has 0 aliphatic carbocycles. The van der Waals surface area contributed by atoms with Gasteiger partial charge in [0.1, 0.15) is 0 Å². The summed E-state index contributed by atoms with van der Waals surface area (Å²) < 4.78 is 6.01. The first-order valence-electron chi connectivity index (χ1n) is 13.3. The minimum atomic E-state index is 0.381. The van der Waals surface area contributed by atoms with Gasteiger partial charge >= 0.3 is 0 Å². The average Bonchev–Trinajstić information content (AvgIpc) is 2.97. The summed E-state index contributed by atoms with van der Waals surface area (Å²) in [7, 11) is 4.05. The van der Waals surface area contributed by atoms with Crippen LogP contribution in [-0.4, -0.2) is 33.8 Å². The molecule has 38 heavy (non-hydrogen) atoms. The molecule has 0 fully saturated rings. The fourth-order valence-electron chi connectivity index (χ4n) is 4.33. The van der Waals surface area contributed by atoms with Crippen molar-refractivity contribution in [1.29, 1.82) is 0 Å². The van der Waals surface area contributed by atoms with E-state index < -0.39 is 0 Å². The monoisotopic (exact) mass is 506 g/mol. The Bertz CT molecular complexity index is 1270. The van der Waals surface area contributed by atoms with E-state index in [0.717, 1.165) is 35.8 Å². The van der Waals surface area contributed by atoms with Crippen molar-refractivity contribution in [1.82, 2.24) is 0 Å². The van der Waals surface area contributed by atoms with Gasteiger partial charge in [0, 0.05) is 44.5 Å². The van der Waals surface area contributed by atoms with Crippen LogP contribution >= 0.6 is 0 Å². The minimum absolute atomic E-state index is 0.381. The molecule has 196 valence electrons. The number of hydrogen-bond acceptors (Lipinski definition) is 5. The molecule has 0 aliphatic heterocycles. The van der Waals surface area contributed by atoms with Crippen LogP contribution in [0.4, 0.5) is 22.7 Å². The summed E-state index contributed by atoms with van der Waals surface area (Å²) in [5, 5.41) is 8.75. The number of rotatable bonds is 12. The van der Waals surface area contributed by atoms with E-state index in [9.17, 15) is 0 Å². The second-order valence-electron chi connectivity index (χ2n) is 9.63. The first kappa shape index (κ1) is 27.1. The van der Waals surface area contributed by atoms with E-state index in [1.54, 1.807) is 0 Å². The van der Waals surface area contributed by atoms with Gasteiger partial charge in [-0.1, -0.05) is 61.5 Å². The molecule has 0 heterocycles. The van der Waals surface area contributed by atoms with Gasteiger partial charge in [0.05, 0.1) is 24.6 Å². The molecule has 0 radical (unpaired) electrons. The van der Waals surface area contributed by atoms with Crippen LogP contribution in [0.2, 0.25) is 0 Å². The highest BCUT2D eigenvalue weighted by molar-refractivity contribution is 5.54. The van der Waals surface area contributed by atoms with E-state index in [4.69, 9.17) is 4.74 Å². The van der Waals surface area contributed by atoms with Gasteiger partial charge in [0.2, 0.25) is 0 Å². The Balaban J connectivity index is 1.24. The molecule has 4 rings (SSSR count). The molecule has 0 aromatic heterocycles. The minimum Gasteiger partial charge on any atom is -0.378 e. The normalized spacial score (nSPS) is 12.0. The molecule has 1 atom stereocenters. The predicted molar refractivity (Wildman–Crippen MR) is 159 cm³/mol. The van der Waals surface area contributed by atoms with Crippen LogP contribution in [-0.2, 0) is 11.3 Å². The van der Waals surface area contributed by atoms with Gasteiger partial charge in [-0.25, -0.2) is 0 Å². The topological polar surface area (TPSA) is 40.4 Å². The number of hydrogen-bond donors (Lipinski definition) is 0. The zero-order chi connectivity index (χ0) is 26.7. The van der Waals surface area contributed by atoms with Crippen LogP contribution in [0.5, 0.6) is 0 Å². The second kappa shape index (κ2) is 13.5. The van der Waals surface area contributed by atoms with E-state index >= 15 is 0 Å². The van der Waals surface area contributed by atoms with Crippen LogP contribution in [0.25, 0.3) is 0 Å². The van der Waals surface area contributed by atoms with Gasteiger partial charge in [0.15, 0.2) is 0 Å². The Morgan fingerprint density at radius 1 is 0.684 bits per heavy atom. The SMILES string of the molecule is CCN(CCOCc1ccc(C(C)c2ccccc2)cc1)c1ccc(N=Nc2ccc(N(C)C)cc2)cc1. The van der Waals surface area contributed by atoms with Crippen molar-refractivity contribution in [3.8, 4) is 0 Å². The Kier molecular flexibility index (Phi) is 9.65. The van der Waals surface area contributed by atoms with Crippen LogP contribution in [0.3, 0.4) is 0 Å². The lowest BCUT2D eigenvalue weighted by Gasteiger charge is -2.23. The van der Waals surface area contributed by atoms with Crippen molar-refractivity contribution >= 4 is 22.7 Å². The summed E-state index contributed by atoms with van der Waals surface area (Å²) in [5.74, 6) is 0.381. The smallest absolute Gasteiger partial charge is 0.0858 e. The Labute approximate surface area is 227 Å². The summed E-state index contributed by atoms with van der Waals surface area (Å²) in [4.78, 5) is 4.38. The molecule has 0 spiro atoms. The molecule has 5 nitrogen and oxygen atoms in total. The fraction of sp³-hybridized carbons (Fsp3) is 0.273. The lowest BCUT2D eigenvalue weighted by molar-refractivity contribution is 0.127. The van der Waals surface area contributed by atoms with E-state index in [1.165, 1.54) is 16.7 Å². The maximum atomic E-state index is 6.01. The third-order valence-electron chi connectivity index (χ3n) is 6.80. The average molecular weight is 507 g/mol. The lowest BCUT2D eigenvalue weighted by Crippen LogP contribution is -2.26. The van der Waals surface area contributed by atoms with Gasteiger partial charge in [0.25, 0.3) is 0 Å². The van der Waals surface area contributed by atoms with Crippen LogP contribution in [0.15, 0.2) is 113 Å². The molecule has 0 saturated heterocycles. The zero-order valence-electron chi connectivity index (χ0n) is 22.9. The van der Waals surface area contributed by atoms with Gasteiger partial charge in [-0.15, -0.1) is 0 Å². The van der Waals surface area contributed by atoms with E-state index in [0.29, 0.717) is 19.1 Å². The molecule has 5 heteroatoms. The molecule has 0 saturated carbocycles. The van der Waals surface area contributed by atoms with Crippen molar-refractivity contribution < 1.29 is 4.74 Å². The summed E-state index contributed by atoms with van der Waals surface area (Å²) in [6.07, 6.45) is 0. The molecular formula is C33H38N4O. The maximum absolute atomic E-state index is 6.01. The van der Waals surface area contributed by atoms with Crippen molar-refractivity contribution in [2.75, 3.05) is 43.6 Å². The predicted octanol–water partition coefficient (Wildman–Crippen LogP) is 8.36.